The molecule has 1 fully saturated rings. The number of piperidine rings is 1. The lowest BCUT2D eigenvalue weighted by molar-refractivity contribution is 0.188. The molecule has 0 aliphatic carbocycles. The van der Waals surface area contributed by atoms with Crippen molar-refractivity contribution in [1.29, 1.82) is 0 Å². The van der Waals surface area contributed by atoms with Crippen LogP contribution in [0.1, 0.15) is 37.8 Å². The number of imidazole rings is 1. The third-order valence-electron chi connectivity index (χ3n) is 4.46. The summed E-state index contributed by atoms with van der Waals surface area (Å²) in [6, 6.07) is 3.89. The molecule has 3 nitrogen and oxygen atoms in total. The van der Waals surface area contributed by atoms with Gasteiger partial charge in [0.15, 0.2) is 4.77 Å². The van der Waals surface area contributed by atoms with E-state index in [0.29, 0.717) is 16.4 Å². The minimum absolute atomic E-state index is 0.177. The van der Waals surface area contributed by atoms with Crippen LogP contribution < -0.4 is 0 Å². The van der Waals surface area contributed by atoms with E-state index < -0.39 is 0 Å². The molecule has 1 N–H and O–H groups in total. The molecule has 0 spiro atoms. The van der Waals surface area contributed by atoms with Crippen LogP contribution in [0.5, 0.6) is 0 Å². The van der Waals surface area contributed by atoms with Gasteiger partial charge in [-0.05, 0) is 62.6 Å². The predicted octanol–water partition coefficient (Wildman–Crippen LogP) is 4.19. The molecule has 5 heteroatoms. The van der Waals surface area contributed by atoms with Gasteiger partial charge in [0.25, 0.3) is 0 Å². The molecule has 114 valence electrons. The van der Waals surface area contributed by atoms with Crippen LogP contribution in [0.25, 0.3) is 11.0 Å². The van der Waals surface area contributed by atoms with Gasteiger partial charge in [0.2, 0.25) is 0 Å². The van der Waals surface area contributed by atoms with Crippen molar-refractivity contribution < 1.29 is 4.39 Å². The molecule has 0 bridgehead atoms. The Balaban J connectivity index is 1.92. The van der Waals surface area contributed by atoms with Crippen LogP contribution in [0.3, 0.4) is 0 Å². The Labute approximate surface area is 129 Å². The van der Waals surface area contributed by atoms with E-state index in [1.54, 1.807) is 13.0 Å². The summed E-state index contributed by atoms with van der Waals surface area (Å²) in [5.74, 6) is -0.177. The van der Waals surface area contributed by atoms with Gasteiger partial charge in [0, 0.05) is 19.1 Å². The SMILES string of the molecule is CCCN1CCC(n2c(=S)[nH]c3cc(F)c(C)cc32)CC1. The van der Waals surface area contributed by atoms with Crippen molar-refractivity contribution in [3.05, 3.63) is 28.3 Å². The molecule has 0 atom stereocenters. The number of H-pyrrole nitrogens is 1. The molecule has 1 aliphatic rings. The Kier molecular flexibility index (Phi) is 4.13. The first kappa shape index (κ1) is 14.7. The summed E-state index contributed by atoms with van der Waals surface area (Å²) in [5.41, 5.74) is 2.51. The van der Waals surface area contributed by atoms with Crippen molar-refractivity contribution >= 4 is 23.3 Å². The van der Waals surface area contributed by atoms with E-state index in [9.17, 15) is 4.39 Å². The third-order valence-corrected chi connectivity index (χ3v) is 4.76. The van der Waals surface area contributed by atoms with Crippen LogP contribution in [0, 0.1) is 17.5 Å². The first-order valence-electron chi connectivity index (χ1n) is 7.73. The number of aryl methyl sites for hydroxylation is 1. The number of halogens is 1. The number of fused-ring (bicyclic) bond motifs is 1. The van der Waals surface area contributed by atoms with Crippen LogP contribution >= 0.6 is 12.2 Å². The second-order valence-electron chi connectivity index (χ2n) is 5.99. The van der Waals surface area contributed by atoms with Gasteiger partial charge >= 0.3 is 0 Å². The molecule has 0 saturated carbocycles. The van der Waals surface area contributed by atoms with E-state index in [4.69, 9.17) is 12.2 Å². The highest BCUT2D eigenvalue weighted by molar-refractivity contribution is 7.71. The first-order chi connectivity index (χ1) is 10.1. The van der Waals surface area contributed by atoms with Crippen molar-refractivity contribution in [2.24, 2.45) is 0 Å². The Morgan fingerprint density at radius 3 is 2.71 bits per heavy atom. The molecule has 1 aliphatic heterocycles. The maximum atomic E-state index is 13.7. The van der Waals surface area contributed by atoms with Gasteiger partial charge in [-0.15, -0.1) is 0 Å². The maximum absolute atomic E-state index is 13.7. The number of nitrogens with one attached hydrogen (secondary N) is 1. The van der Waals surface area contributed by atoms with Gasteiger partial charge < -0.3 is 14.5 Å². The highest BCUT2D eigenvalue weighted by Crippen LogP contribution is 2.28. The number of rotatable bonds is 3. The number of aromatic amines is 1. The second kappa shape index (κ2) is 5.89. The Hall–Kier alpha value is -1.20. The lowest BCUT2D eigenvalue weighted by Gasteiger charge is -2.32. The molecule has 0 radical (unpaired) electrons. The lowest BCUT2D eigenvalue weighted by atomic mass is 10.0. The molecule has 21 heavy (non-hydrogen) atoms. The van der Waals surface area contributed by atoms with E-state index in [1.807, 2.05) is 6.07 Å². The number of hydrogen-bond donors (Lipinski definition) is 1. The topological polar surface area (TPSA) is 24.0 Å². The molecule has 0 unspecified atom stereocenters. The van der Waals surface area contributed by atoms with Crippen molar-refractivity contribution in [2.45, 2.75) is 39.2 Å². The monoisotopic (exact) mass is 307 g/mol. The minimum atomic E-state index is -0.177. The summed E-state index contributed by atoms with van der Waals surface area (Å²) in [5, 5.41) is 0. The summed E-state index contributed by atoms with van der Waals surface area (Å²) in [6.07, 6.45) is 3.42. The normalized spacial score (nSPS) is 17.7. The van der Waals surface area contributed by atoms with E-state index in [1.165, 1.54) is 13.0 Å². The Morgan fingerprint density at radius 1 is 1.33 bits per heavy atom. The summed E-state index contributed by atoms with van der Waals surface area (Å²) >= 11 is 5.47. The van der Waals surface area contributed by atoms with Crippen molar-refractivity contribution in [3.63, 3.8) is 0 Å². The van der Waals surface area contributed by atoms with Crippen LogP contribution in [-0.4, -0.2) is 34.1 Å². The second-order valence-corrected chi connectivity index (χ2v) is 6.38. The predicted molar refractivity (Wildman–Crippen MR) is 86.8 cm³/mol. The number of hydrogen-bond acceptors (Lipinski definition) is 2. The quantitative estimate of drug-likeness (QED) is 0.860. The van der Waals surface area contributed by atoms with Crippen LogP contribution in [0.2, 0.25) is 0 Å². The van der Waals surface area contributed by atoms with Gasteiger partial charge in [0.05, 0.1) is 11.0 Å². The van der Waals surface area contributed by atoms with E-state index in [2.05, 4.69) is 21.4 Å². The van der Waals surface area contributed by atoms with Crippen molar-refractivity contribution in [3.8, 4) is 0 Å². The first-order valence-corrected chi connectivity index (χ1v) is 8.13. The zero-order chi connectivity index (χ0) is 15.0. The minimum Gasteiger partial charge on any atom is -0.330 e. The molecular formula is C16H22FN3S. The fourth-order valence-electron chi connectivity index (χ4n) is 3.33. The molecule has 2 heterocycles. The van der Waals surface area contributed by atoms with Crippen molar-refractivity contribution in [2.75, 3.05) is 19.6 Å². The van der Waals surface area contributed by atoms with Crippen LogP contribution in [-0.2, 0) is 0 Å². The van der Waals surface area contributed by atoms with Gasteiger partial charge in [-0.1, -0.05) is 6.92 Å². The lowest BCUT2D eigenvalue weighted by Crippen LogP contribution is -2.35. The average molecular weight is 307 g/mol. The number of likely N-dealkylation sites (tertiary alicyclic amines) is 1. The zero-order valence-electron chi connectivity index (χ0n) is 12.7. The van der Waals surface area contributed by atoms with Gasteiger partial charge in [-0.3, -0.25) is 0 Å². The third kappa shape index (κ3) is 2.77. The molecule has 0 amide bonds. The van der Waals surface area contributed by atoms with Crippen molar-refractivity contribution in [1.82, 2.24) is 14.5 Å². The smallest absolute Gasteiger partial charge is 0.178 e. The fourth-order valence-corrected chi connectivity index (χ4v) is 3.69. The number of nitrogens with zero attached hydrogens (tertiary/aromatic N) is 2. The molecular weight excluding hydrogens is 285 g/mol. The standard InChI is InChI=1S/C16H22FN3S/c1-3-6-19-7-4-12(5-8-19)20-15-9-11(2)13(17)10-14(15)18-16(20)21/h9-10,12H,3-8H2,1-2H3,(H,18,21). The van der Waals surface area contributed by atoms with Gasteiger partial charge in [-0.2, -0.15) is 0 Å². The van der Waals surface area contributed by atoms with E-state index in [-0.39, 0.29) is 5.82 Å². The van der Waals surface area contributed by atoms with E-state index in [0.717, 1.165) is 37.0 Å². The molecule has 1 saturated heterocycles. The van der Waals surface area contributed by atoms with E-state index >= 15 is 0 Å². The zero-order valence-corrected chi connectivity index (χ0v) is 13.5. The average Bonchev–Trinajstić information content (AvgIpc) is 2.76. The van der Waals surface area contributed by atoms with Gasteiger partial charge in [0.1, 0.15) is 5.82 Å². The van der Waals surface area contributed by atoms with Gasteiger partial charge in [-0.25, -0.2) is 4.39 Å². The van der Waals surface area contributed by atoms with Crippen LogP contribution in [0.15, 0.2) is 12.1 Å². The summed E-state index contributed by atoms with van der Waals surface area (Å²) in [4.78, 5) is 5.67. The summed E-state index contributed by atoms with van der Waals surface area (Å²) in [7, 11) is 0. The highest BCUT2D eigenvalue weighted by Gasteiger charge is 2.22. The Bertz CT molecular complexity index is 695. The summed E-state index contributed by atoms with van der Waals surface area (Å²) < 4.78 is 16.6. The molecule has 1 aromatic carbocycles. The molecule has 2 aromatic rings. The highest BCUT2D eigenvalue weighted by atomic mass is 32.1. The van der Waals surface area contributed by atoms with Crippen LogP contribution in [0.4, 0.5) is 4.39 Å². The fraction of sp³-hybridized carbons (Fsp3) is 0.562. The largest absolute Gasteiger partial charge is 0.330 e. The maximum Gasteiger partial charge on any atom is 0.178 e. The Morgan fingerprint density at radius 2 is 2.05 bits per heavy atom. The molecule has 1 aromatic heterocycles. The number of benzene rings is 1. The summed E-state index contributed by atoms with van der Waals surface area (Å²) in [6.45, 7) is 7.44. The molecule has 3 rings (SSSR count). The number of aromatic nitrogens is 2.